The van der Waals surface area contributed by atoms with E-state index in [1.54, 1.807) is 13.0 Å². The zero-order valence-corrected chi connectivity index (χ0v) is 17.8. The van der Waals surface area contributed by atoms with E-state index in [2.05, 4.69) is 0 Å². The van der Waals surface area contributed by atoms with Crippen LogP contribution in [-0.4, -0.2) is 64.2 Å². The Kier molecular flexibility index (Phi) is 4.97. The number of esters is 1. The van der Waals surface area contributed by atoms with Crippen molar-refractivity contribution in [2.45, 2.75) is 83.1 Å². The van der Waals surface area contributed by atoms with Crippen molar-refractivity contribution >= 4 is 11.8 Å². The fraction of sp³-hybridized carbons (Fsp3) is 0.818. The predicted octanol–water partition coefficient (Wildman–Crippen LogP) is 1.39. The summed E-state index contributed by atoms with van der Waals surface area (Å²) in [5.41, 5.74) is -1.52. The van der Waals surface area contributed by atoms with Crippen LogP contribution in [-0.2, 0) is 23.8 Å². The number of ketones is 1. The zero-order valence-electron chi connectivity index (χ0n) is 17.8. The van der Waals surface area contributed by atoms with Crippen LogP contribution in [0.25, 0.3) is 0 Å². The molecule has 3 fully saturated rings. The second kappa shape index (κ2) is 6.87. The lowest BCUT2D eigenvalue weighted by atomic mass is 9.62. The lowest BCUT2D eigenvalue weighted by Crippen LogP contribution is -2.57. The molecule has 0 aromatic rings. The Morgan fingerprint density at radius 3 is 2.66 bits per heavy atom. The van der Waals surface area contributed by atoms with E-state index in [1.807, 2.05) is 20.8 Å². The van der Waals surface area contributed by atoms with E-state index in [0.717, 1.165) is 5.57 Å². The highest BCUT2D eigenvalue weighted by molar-refractivity contribution is 5.94. The van der Waals surface area contributed by atoms with Gasteiger partial charge in [0.15, 0.2) is 5.78 Å². The van der Waals surface area contributed by atoms with Gasteiger partial charge in [0.2, 0.25) is 0 Å². The molecule has 1 aliphatic carbocycles. The van der Waals surface area contributed by atoms with Crippen LogP contribution in [0.2, 0.25) is 0 Å². The van der Waals surface area contributed by atoms with Gasteiger partial charge >= 0.3 is 5.97 Å². The Bertz CT molecular complexity index is 743. The molecule has 4 aliphatic rings. The average Bonchev–Trinajstić information content (AvgIpc) is 2.92. The maximum atomic E-state index is 12.9. The first kappa shape index (κ1) is 21.0. The average molecular weight is 408 g/mol. The summed E-state index contributed by atoms with van der Waals surface area (Å²) in [4.78, 5) is 24.6. The number of hydrogen-bond donors (Lipinski definition) is 2. The molecule has 29 heavy (non-hydrogen) atoms. The van der Waals surface area contributed by atoms with E-state index in [-0.39, 0.29) is 48.4 Å². The van der Waals surface area contributed by atoms with Gasteiger partial charge in [-0.2, -0.15) is 0 Å². The van der Waals surface area contributed by atoms with Gasteiger partial charge in [0.05, 0.1) is 24.9 Å². The van der Waals surface area contributed by atoms with Crippen molar-refractivity contribution < 1.29 is 34.0 Å². The minimum atomic E-state index is -1.39. The Morgan fingerprint density at radius 1 is 1.31 bits per heavy atom. The number of ether oxygens (including phenoxy) is 3. The van der Waals surface area contributed by atoms with E-state index in [0.29, 0.717) is 6.61 Å². The van der Waals surface area contributed by atoms with Crippen molar-refractivity contribution in [3.05, 3.63) is 11.6 Å². The second-order valence-corrected chi connectivity index (χ2v) is 9.90. The van der Waals surface area contributed by atoms with Crippen molar-refractivity contribution in [3.8, 4) is 0 Å². The zero-order chi connectivity index (χ0) is 21.3. The largest absolute Gasteiger partial charge is 0.459 e. The molecule has 2 N–H and O–H groups in total. The monoisotopic (exact) mass is 408 g/mol. The molecule has 0 spiro atoms. The summed E-state index contributed by atoms with van der Waals surface area (Å²) < 4.78 is 18.2. The molecule has 7 heteroatoms. The number of allylic oxidation sites excluding steroid dienone is 1. The molecule has 2 bridgehead atoms. The summed E-state index contributed by atoms with van der Waals surface area (Å²) in [5, 5.41) is 22.5. The molecular weight excluding hydrogens is 376 g/mol. The van der Waals surface area contributed by atoms with Crippen LogP contribution >= 0.6 is 0 Å². The maximum absolute atomic E-state index is 12.9. The third-order valence-electron chi connectivity index (χ3n) is 7.68. The molecule has 7 nitrogen and oxygen atoms in total. The van der Waals surface area contributed by atoms with Crippen molar-refractivity contribution in [2.24, 2.45) is 23.7 Å². The highest BCUT2D eigenvalue weighted by atomic mass is 16.6. The van der Waals surface area contributed by atoms with Crippen molar-refractivity contribution in [2.75, 3.05) is 6.61 Å². The van der Waals surface area contributed by atoms with Gasteiger partial charge in [-0.05, 0) is 32.8 Å². The number of carbonyl (C=O) groups excluding carboxylic acids is 2. The van der Waals surface area contributed by atoms with Gasteiger partial charge in [0.1, 0.15) is 17.3 Å². The molecule has 0 saturated carbocycles. The first-order valence-electron chi connectivity index (χ1n) is 10.5. The van der Waals surface area contributed by atoms with Crippen molar-refractivity contribution in [3.63, 3.8) is 0 Å². The standard InChI is InChI=1S/C22H32O7/c1-10-6-13(24)17-11(2)9-27-22(5)15(25)7-16(28-12(3)23)21(4,26)8-14-18(10)19(17)20(22)29-14/h6,11,14-20,25-26H,7-9H2,1-5H3/t11?,14?,15-,16?,17?,18?,19?,20?,21?,22-/m1/s1. The van der Waals surface area contributed by atoms with Gasteiger partial charge in [-0.25, -0.2) is 0 Å². The first-order valence-corrected chi connectivity index (χ1v) is 10.5. The summed E-state index contributed by atoms with van der Waals surface area (Å²) in [7, 11) is 0. The van der Waals surface area contributed by atoms with E-state index in [1.165, 1.54) is 6.92 Å². The Labute approximate surface area is 171 Å². The highest BCUT2D eigenvalue weighted by Crippen LogP contribution is 2.55. The number of rotatable bonds is 1. The Morgan fingerprint density at radius 2 is 2.00 bits per heavy atom. The molecule has 4 rings (SSSR count). The molecule has 0 amide bonds. The van der Waals surface area contributed by atoms with Crippen LogP contribution in [0.4, 0.5) is 0 Å². The van der Waals surface area contributed by atoms with Crippen LogP contribution in [0, 0.1) is 23.7 Å². The van der Waals surface area contributed by atoms with Crippen LogP contribution in [0.5, 0.6) is 0 Å². The number of fused-ring (bicyclic) bond motifs is 2. The van der Waals surface area contributed by atoms with Crippen molar-refractivity contribution in [1.29, 1.82) is 0 Å². The summed E-state index contributed by atoms with van der Waals surface area (Å²) in [6, 6.07) is 0. The lowest BCUT2D eigenvalue weighted by molar-refractivity contribution is -0.191. The van der Waals surface area contributed by atoms with Crippen LogP contribution in [0.1, 0.15) is 47.5 Å². The molecule has 8 unspecified atom stereocenters. The maximum Gasteiger partial charge on any atom is 0.303 e. The van der Waals surface area contributed by atoms with Crippen molar-refractivity contribution in [1.82, 2.24) is 0 Å². The SMILES string of the molecule is CC(=O)OC1C[C@@H](O)[C@@]2(C)OCC(C)C3C(=O)C=C(C)C4C(CC1(C)O)OC2C34. The van der Waals surface area contributed by atoms with Gasteiger partial charge < -0.3 is 24.4 Å². The molecule has 0 aromatic carbocycles. The van der Waals surface area contributed by atoms with Gasteiger partial charge in [-0.15, -0.1) is 0 Å². The normalized spacial score (nSPS) is 52.0. The molecule has 3 saturated heterocycles. The third kappa shape index (κ3) is 3.17. The molecule has 3 aliphatic heterocycles. The molecule has 162 valence electrons. The lowest BCUT2D eigenvalue weighted by Gasteiger charge is -2.43. The van der Waals surface area contributed by atoms with E-state index < -0.39 is 35.5 Å². The molecule has 0 aromatic heterocycles. The minimum absolute atomic E-state index is 0.0104. The van der Waals surface area contributed by atoms with Gasteiger partial charge in [-0.1, -0.05) is 12.5 Å². The predicted molar refractivity (Wildman–Crippen MR) is 103 cm³/mol. The minimum Gasteiger partial charge on any atom is -0.459 e. The third-order valence-corrected chi connectivity index (χ3v) is 7.68. The molecule has 0 radical (unpaired) electrons. The van der Waals surface area contributed by atoms with Crippen LogP contribution in [0.3, 0.4) is 0 Å². The van der Waals surface area contributed by atoms with Crippen LogP contribution < -0.4 is 0 Å². The summed E-state index contributed by atoms with van der Waals surface area (Å²) in [6.07, 6.45) is -0.772. The number of aliphatic hydroxyl groups is 2. The summed E-state index contributed by atoms with van der Waals surface area (Å²) in [6.45, 7) is 9.01. The number of carbonyl (C=O) groups is 2. The quantitative estimate of drug-likeness (QED) is 0.632. The first-order chi connectivity index (χ1) is 13.5. The van der Waals surface area contributed by atoms with E-state index in [9.17, 15) is 19.8 Å². The van der Waals surface area contributed by atoms with Gasteiger partial charge in [0, 0.05) is 37.5 Å². The van der Waals surface area contributed by atoms with Crippen LogP contribution in [0.15, 0.2) is 11.6 Å². The number of aliphatic hydroxyl groups excluding tert-OH is 1. The topological polar surface area (TPSA) is 102 Å². The molecule has 10 atom stereocenters. The fourth-order valence-corrected chi connectivity index (χ4v) is 6.15. The number of hydrogen-bond acceptors (Lipinski definition) is 7. The fourth-order valence-electron chi connectivity index (χ4n) is 6.15. The molecule has 3 heterocycles. The second-order valence-electron chi connectivity index (χ2n) is 9.90. The van der Waals surface area contributed by atoms with Gasteiger partial charge in [0.25, 0.3) is 0 Å². The summed E-state index contributed by atoms with van der Waals surface area (Å²) in [5.74, 6) is -0.832. The smallest absolute Gasteiger partial charge is 0.303 e. The van der Waals surface area contributed by atoms with Gasteiger partial charge in [-0.3, -0.25) is 9.59 Å². The Hall–Kier alpha value is -1.28. The highest BCUT2D eigenvalue weighted by Gasteiger charge is 2.64. The van der Waals surface area contributed by atoms with E-state index >= 15 is 0 Å². The van der Waals surface area contributed by atoms with E-state index in [4.69, 9.17) is 14.2 Å². The summed E-state index contributed by atoms with van der Waals surface area (Å²) >= 11 is 0. The Balaban J connectivity index is 1.85. The molecular formula is C22H32O7.